The van der Waals surface area contributed by atoms with Crippen molar-refractivity contribution in [2.24, 2.45) is 0 Å². The molecule has 0 bridgehead atoms. The van der Waals surface area contributed by atoms with Crippen LogP contribution in [-0.4, -0.2) is 38.7 Å². The maximum Gasteiger partial charge on any atom is 0.352 e. The highest BCUT2D eigenvalue weighted by Gasteiger charge is 2.23. The van der Waals surface area contributed by atoms with E-state index in [-0.39, 0.29) is 12.2 Å². The van der Waals surface area contributed by atoms with Crippen LogP contribution < -0.4 is 11.2 Å². The van der Waals surface area contributed by atoms with E-state index < -0.39 is 17.2 Å². The fourth-order valence-electron chi connectivity index (χ4n) is 3.31. The van der Waals surface area contributed by atoms with Gasteiger partial charge in [0.05, 0.1) is 12.2 Å². The zero-order valence-electron chi connectivity index (χ0n) is 18.0. The van der Waals surface area contributed by atoms with Gasteiger partial charge in [-0.2, -0.15) is 9.78 Å². The topological polar surface area (TPSA) is 77.2 Å². The summed E-state index contributed by atoms with van der Waals surface area (Å²) in [5.41, 5.74) is 2.67. The number of benzene rings is 2. The van der Waals surface area contributed by atoms with E-state index in [1.807, 2.05) is 70.2 Å². The zero-order valence-corrected chi connectivity index (χ0v) is 18.0. The summed E-state index contributed by atoms with van der Waals surface area (Å²) in [4.78, 5) is 40.6. The van der Waals surface area contributed by atoms with Gasteiger partial charge in [-0.25, -0.2) is 4.79 Å². The molecule has 1 amide bonds. The Bertz CT molecular complexity index is 1200. The van der Waals surface area contributed by atoms with Crippen molar-refractivity contribution in [3.63, 3.8) is 0 Å². The summed E-state index contributed by atoms with van der Waals surface area (Å²) in [5.74, 6) is -0.515. The van der Waals surface area contributed by atoms with Gasteiger partial charge in [0.25, 0.3) is 11.5 Å². The summed E-state index contributed by atoms with van der Waals surface area (Å²) in [6, 6.07) is 13.1. The minimum Gasteiger partial charge on any atom is -0.340 e. The molecule has 7 nitrogen and oxygen atoms in total. The van der Waals surface area contributed by atoms with Gasteiger partial charge in [-0.05, 0) is 62.1 Å². The molecule has 30 heavy (non-hydrogen) atoms. The van der Waals surface area contributed by atoms with Gasteiger partial charge < -0.3 is 4.90 Å². The van der Waals surface area contributed by atoms with Crippen molar-refractivity contribution in [3.8, 4) is 5.69 Å². The number of carbonyl (C=O) groups is 1. The van der Waals surface area contributed by atoms with E-state index in [1.165, 1.54) is 4.90 Å². The molecule has 0 saturated heterocycles. The number of aryl methyl sites for hydroxylation is 3. The third-order valence-corrected chi connectivity index (χ3v) is 5.12. The summed E-state index contributed by atoms with van der Waals surface area (Å²) in [6.07, 6.45) is 0. The van der Waals surface area contributed by atoms with E-state index in [1.54, 1.807) is 7.05 Å². The fourth-order valence-corrected chi connectivity index (χ4v) is 3.31. The molecule has 0 spiro atoms. The van der Waals surface area contributed by atoms with Crippen molar-refractivity contribution >= 4 is 5.91 Å². The van der Waals surface area contributed by atoms with Gasteiger partial charge in [0.2, 0.25) is 5.69 Å². The SMILES string of the molecule is CCN(C)C(=O)c1nn(-c2cc(C)cc(C)c2)c(=O)n(Cc2ccccc2C)c1=O. The molecule has 0 aliphatic carbocycles. The molecular weight excluding hydrogens is 380 g/mol. The van der Waals surface area contributed by atoms with Gasteiger partial charge in [0.1, 0.15) is 0 Å². The molecule has 2 aromatic carbocycles. The van der Waals surface area contributed by atoms with Crippen LogP contribution in [0.15, 0.2) is 52.1 Å². The summed E-state index contributed by atoms with van der Waals surface area (Å²) < 4.78 is 2.24. The molecule has 0 N–H and O–H groups in total. The highest BCUT2D eigenvalue weighted by Crippen LogP contribution is 2.12. The smallest absolute Gasteiger partial charge is 0.340 e. The predicted molar refractivity (Wildman–Crippen MR) is 116 cm³/mol. The van der Waals surface area contributed by atoms with Crippen LogP contribution in [0.1, 0.15) is 39.7 Å². The van der Waals surface area contributed by atoms with Gasteiger partial charge in [-0.3, -0.25) is 14.2 Å². The molecule has 3 aromatic rings. The first-order valence-corrected chi connectivity index (χ1v) is 9.85. The van der Waals surface area contributed by atoms with Crippen molar-refractivity contribution in [1.29, 1.82) is 0 Å². The van der Waals surface area contributed by atoms with E-state index in [4.69, 9.17) is 0 Å². The van der Waals surface area contributed by atoms with Crippen LogP contribution in [0.25, 0.3) is 5.69 Å². The lowest BCUT2D eigenvalue weighted by molar-refractivity contribution is 0.0791. The number of aromatic nitrogens is 3. The lowest BCUT2D eigenvalue weighted by Gasteiger charge is -2.17. The van der Waals surface area contributed by atoms with Gasteiger partial charge in [0, 0.05) is 13.6 Å². The van der Waals surface area contributed by atoms with Crippen molar-refractivity contribution in [2.45, 2.75) is 34.2 Å². The molecule has 0 unspecified atom stereocenters. The minimum atomic E-state index is -0.686. The molecule has 0 fully saturated rings. The highest BCUT2D eigenvalue weighted by atomic mass is 16.2. The molecule has 3 rings (SSSR count). The van der Waals surface area contributed by atoms with Gasteiger partial charge >= 0.3 is 5.69 Å². The zero-order chi connectivity index (χ0) is 22.0. The minimum absolute atomic E-state index is 0.0633. The number of nitrogens with zero attached hydrogens (tertiary/aromatic N) is 4. The standard InChI is InChI=1S/C23H26N4O3/c1-6-25(5)21(28)20-22(29)26(14-18-10-8-7-9-17(18)4)23(30)27(24-20)19-12-15(2)11-16(3)13-19/h7-13H,6,14H2,1-5H3. The summed E-state index contributed by atoms with van der Waals surface area (Å²) in [5, 5.41) is 4.20. The third kappa shape index (κ3) is 4.10. The van der Waals surface area contributed by atoms with Crippen LogP contribution in [-0.2, 0) is 6.54 Å². The first-order valence-electron chi connectivity index (χ1n) is 9.85. The van der Waals surface area contributed by atoms with Crippen LogP contribution in [0.2, 0.25) is 0 Å². The average molecular weight is 406 g/mol. The Labute approximate surface area is 175 Å². The van der Waals surface area contributed by atoms with Crippen molar-refractivity contribution in [1.82, 2.24) is 19.2 Å². The number of hydrogen-bond acceptors (Lipinski definition) is 4. The first-order chi connectivity index (χ1) is 14.2. The lowest BCUT2D eigenvalue weighted by Crippen LogP contribution is -2.46. The quantitative estimate of drug-likeness (QED) is 0.652. The number of rotatable bonds is 5. The van der Waals surface area contributed by atoms with Gasteiger partial charge in [0.15, 0.2) is 0 Å². The predicted octanol–water partition coefficient (Wildman–Crippen LogP) is 2.46. The third-order valence-electron chi connectivity index (χ3n) is 5.12. The Morgan fingerprint density at radius 1 is 1.03 bits per heavy atom. The molecule has 156 valence electrons. The number of amides is 1. The van der Waals surface area contributed by atoms with Crippen molar-refractivity contribution in [3.05, 3.63) is 91.3 Å². The van der Waals surface area contributed by atoms with Crippen LogP contribution >= 0.6 is 0 Å². The van der Waals surface area contributed by atoms with Crippen LogP contribution in [0, 0.1) is 20.8 Å². The molecule has 0 saturated carbocycles. The second kappa shape index (κ2) is 8.49. The maximum atomic E-state index is 13.3. The fraction of sp³-hybridized carbons (Fsp3) is 0.304. The van der Waals surface area contributed by atoms with Crippen LogP contribution in [0.3, 0.4) is 0 Å². The van der Waals surface area contributed by atoms with Gasteiger partial charge in [-0.1, -0.05) is 30.3 Å². The number of carbonyl (C=O) groups excluding carboxylic acids is 1. The Kier molecular flexibility index (Phi) is 6.01. The van der Waals surface area contributed by atoms with Crippen molar-refractivity contribution < 1.29 is 4.79 Å². The summed E-state index contributed by atoms with van der Waals surface area (Å²) >= 11 is 0. The molecule has 7 heteroatoms. The normalized spacial score (nSPS) is 10.8. The second-order valence-corrected chi connectivity index (χ2v) is 7.53. The second-order valence-electron chi connectivity index (χ2n) is 7.53. The molecule has 1 heterocycles. The van der Waals surface area contributed by atoms with Crippen LogP contribution in [0.4, 0.5) is 0 Å². The van der Waals surface area contributed by atoms with Gasteiger partial charge in [-0.15, -0.1) is 0 Å². The van der Waals surface area contributed by atoms with Crippen LogP contribution in [0.5, 0.6) is 0 Å². The Morgan fingerprint density at radius 2 is 1.67 bits per heavy atom. The Morgan fingerprint density at radius 3 is 2.27 bits per heavy atom. The molecule has 0 aliphatic heterocycles. The van der Waals surface area contributed by atoms with E-state index in [0.717, 1.165) is 31.5 Å². The molecule has 0 aliphatic rings. The van der Waals surface area contributed by atoms with E-state index in [9.17, 15) is 14.4 Å². The summed E-state index contributed by atoms with van der Waals surface area (Å²) in [7, 11) is 1.60. The maximum absolute atomic E-state index is 13.3. The average Bonchev–Trinajstić information content (AvgIpc) is 2.70. The number of hydrogen-bond donors (Lipinski definition) is 0. The van der Waals surface area contributed by atoms with Crippen molar-refractivity contribution in [2.75, 3.05) is 13.6 Å². The monoisotopic (exact) mass is 406 g/mol. The Hall–Kier alpha value is -3.48. The van der Waals surface area contributed by atoms with E-state index in [2.05, 4.69) is 5.10 Å². The molecule has 0 atom stereocenters. The lowest BCUT2D eigenvalue weighted by atomic mass is 10.1. The molecule has 0 radical (unpaired) electrons. The summed E-state index contributed by atoms with van der Waals surface area (Å²) in [6.45, 7) is 8.04. The Balaban J connectivity index is 2.30. The molecule has 1 aromatic heterocycles. The largest absolute Gasteiger partial charge is 0.352 e. The van der Waals surface area contributed by atoms with E-state index >= 15 is 0 Å². The highest BCUT2D eigenvalue weighted by molar-refractivity contribution is 5.91. The molecular formula is C23H26N4O3. The van der Waals surface area contributed by atoms with E-state index in [0.29, 0.717) is 12.2 Å². The first kappa shape index (κ1) is 21.2.